The van der Waals surface area contributed by atoms with Crippen LogP contribution < -0.4 is 0 Å². The molecule has 1 unspecified atom stereocenters. The highest BCUT2D eigenvalue weighted by Crippen LogP contribution is 2.30. The third-order valence-corrected chi connectivity index (χ3v) is 6.15. The third kappa shape index (κ3) is 3.55. The molecule has 0 N–H and O–H groups in total. The van der Waals surface area contributed by atoms with Gasteiger partial charge in [-0.05, 0) is 47.7 Å². The van der Waals surface area contributed by atoms with Crippen molar-refractivity contribution in [1.82, 2.24) is 9.80 Å². The predicted molar refractivity (Wildman–Crippen MR) is 114 cm³/mol. The lowest BCUT2D eigenvalue weighted by Gasteiger charge is -2.42. The summed E-state index contributed by atoms with van der Waals surface area (Å²) in [5.41, 5.74) is 2.11. The highest BCUT2D eigenvalue weighted by atomic mass is 16.2. The zero-order chi connectivity index (χ0) is 18.9. The minimum atomic E-state index is 0.169. The maximum atomic E-state index is 13.4. The number of amides is 1. The molecule has 3 heteroatoms. The van der Waals surface area contributed by atoms with Gasteiger partial charge in [-0.2, -0.15) is 0 Å². The van der Waals surface area contributed by atoms with Crippen LogP contribution in [0.4, 0.5) is 0 Å². The Hall–Kier alpha value is -2.65. The van der Waals surface area contributed by atoms with E-state index in [2.05, 4.69) is 58.3 Å². The van der Waals surface area contributed by atoms with Crippen LogP contribution in [-0.4, -0.2) is 47.4 Å². The zero-order valence-electron chi connectivity index (χ0n) is 16.1. The molecule has 1 saturated heterocycles. The van der Waals surface area contributed by atoms with E-state index in [0.29, 0.717) is 0 Å². The van der Waals surface area contributed by atoms with Crippen molar-refractivity contribution in [3.63, 3.8) is 0 Å². The summed E-state index contributed by atoms with van der Waals surface area (Å²) >= 11 is 0. The van der Waals surface area contributed by atoms with Crippen LogP contribution in [0.3, 0.4) is 0 Å². The van der Waals surface area contributed by atoms with E-state index in [4.69, 9.17) is 0 Å². The minimum absolute atomic E-state index is 0.169. The monoisotopic (exact) mass is 370 g/mol. The quantitative estimate of drug-likeness (QED) is 0.681. The normalized spacial score (nSPS) is 20.4. The Morgan fingerprint density at radius 2 is 1.61 bits per heavy atom. The number of nitrogens with zero attached hydrogens (tertiary/aromatic N) is 2. The Labute approximate surface area is 166 Å². The van der Waals surface area contributed by atoms with Crippen LogP contribution in [0.15, 0.2) is 72.8 Å². The van der Waals surface area contributed by atoms with E-state index in [0.717, 1.165) is 43.0 Å². The number of benzene rings is 3. The molecular weight excluding hydrogens is 344 g/mol. The average Bonchev–Trinajstić information content (AvgIpc) is 3.59. The van der Waals surface area contributed by atoms with Gasteiger partial charge in [0, 0.05) is 37.3 Å². The fourth-order valence-electron chi connectivity index (χ4n) is 4.47. The Morgan fingerprint density at radius 3 is 2.39 bits per heavy atom. The molecule has 3 aromatic rings. The lowest BCUT2D eigenvalue weighted by Crippen LogP contribution is -2.56. The molecule has 1 amide bonds. The number of hydrogen-bond acceptors (Lipinski definition) is 2. The van der Waals surface area contributed by atoms with Gasteiger partial charge >= 0.3 is 0 Å². The number of piperazine rings is 1. The van der Waals surface area contributed by atoms with E-state index in [-0.39, 0.29) is 11.9 Å². The number of fused-ring (bicyclic) bond motifs is 1. The molecule has 1 aliphatic carbocycles. The first-order valence-corrected chi connectivity index (χ1v) is 10.4. The maximum absolute atomic E-state index is 13.4. The summed E-state index contributed by atoms with van der Waals surface area (Å²) in [4.78, 5) is 18.2. The van der Waals surface area contributed by atoms with Crippen molar-refractivity contribution in [2.24, 2.45) is 0 Å². The fourth-order valence-corrected chi connectivity index (χ4v) is 4.47. The second-order valence-electron chi connectivity index (χ2n) is 8.13. The van der Waals surface area contributed by atoms with E-state index in [9.17, 15) is 4.79 Å². The summed E-state index contributed by atoms with van der Waals surface area (Å²) in [6, 6.07) is 25.9. The van der Waals surface area contributed by atoms with Gasteiger partial charge in [-0.1, -0.05) is 60.7 Å². The van der Waals surface area contributed by atoms with E-state index >= 15 is 0 Å². The molecule has 0 spiro atoms. The second kappa shape index (κ2) is 7.40. The molecule has 1 heterocycles. The van der Waals surface area contributed by atoms with Gasteiger partial charge in [-0.15, -0.1) is 0 Å². The first kappa shape index (κ1) is 17.4. The highest BCUT2D eigenvalue weighted by Gasteiger charge is 2.37. The minimum Gasteiger partial charge on any atom is -0.333 e. The van der Waals surface area contributed by atoms with Crippen LogP contribution in [-0.2, 0) is 6.42 Å². The number of carbonyl (C=O) groups is 1. The number of rotatable bonds is 4. The van der Waals surface area contributed by atoms with Gasteiger partial charge in [-0.3, -0.25) is 9.69 Å². The molecule has 142 valence electrons. The number of carbonyl (C=O) groups excluding carboxylic acids is 1. The predicted octanol–water partition coefficient (Wildman–Crippen LogP) is 4.37. The van der Waals surface area contributed by atoms with E-state index in [1.165, 1.54) is 23.8 Å². The molecule has 3 nitrogen and oxygen atoms in total. The van der Waals surface area contributed by atoms with Crippen molar-refractivity contribution in [3.8, 4) is 0 Å². The molecule has 1 aliphatic heterocycles. The molecule has 28 heavy (non-hydrogen) atoms. The molecule has 1 saturated carbocycles. The van der Waals surface area contributed by atoms with Crippen LogP contribution in [0.1, 0.15) is 28.8 Å². The summed E-state index contributed by atoms with van der Waals surface area (Å²) in [6.07, 6.45) is 3.55. The Kier molecular flexibility index (Phi) is 4.61. The van der Waals surface area contributed by atoms with E-state index in [1.54, 1.807) is 0 Å². The topological polar surface area (TPSA) is 23.6 Å². The summed E-state index contributed by atoms with van der Waals surface area (Å²) < 4.78 is 0. The zero-order valence-corrected chi connectivity index (χ0v) is 16.1. The lowest BCUT2D eigenvalue weighted by molar-refractivity contribution is 0.0437. The smallest absolute Gasteiger partial charge is 0.254 e. The van der Waals surface area contributed by atoms with Crippen molar-refractivity contribution in [3.05, 3.63) is 83.9 Å². The van der Waals surface area contributed by atoms with Gasteiger partial charge in [0.1, 0.15) is 0 Å². The molecule has 0 radical (unpaired) electrons. The lowest BCUT2D eigenvalue weighted by atomic mass is 10.00. The van der Waals surface area contributed by atoms with Gasteiger partial charge in [0.2, 0.25) is 0 Å². The Morgan fingerprint density at radius 1 is 0.857 bits per heavy atom. The molecule has 1 atom stereocenters. The largest absolute Gasteiger partial charge is 0.333 e. The van der Waals surface area contributed by atoms with E-state index in [1.807, 2.05) is 24.3 Å². The van der Waals surface area contributed by atoms with Gasteiger partial charge in [0.25, 0.3) is 5.91 Å². The SMILES string of the molecule is O=C(c1ccc2ccccc2c1)N1CCN(C2CC2)CC1Cc1ccccc1. The highest BCUT2D eigenvalue weighted by molar-refractivity contribution is 5.98. The van der Waals surface area contributed by atoms with Crippen LogP contribution in [0.2, 0.25) is 0 Å². The first-order valence-electron chi connectivity index (χ1n) is 10.4. The number of hydrogen-bond donors (Lipinski definition) is 0. The van der Waals surface area contributed by atoms with Crippen LogP contribution in [0, 0.1) is 0 Å². The summed E-state index contributed by atoms with van der Waals surface area (Å²) in [5, 5.41) is 2.31. The molecule has 3 aromatic carbocycles. The molecular formula is C25H26N2O. The average molecular weight is 370 g/mol. The maximum Gasteiger partial charge on any atom is 0.254 e. The van der Waals surface area contributed by atoms with Crippen molar-refractivity contribution < 1.29 is 4.79 Å². The van der Waals surface area contributed by atoms with Crippen LogP contribution in [0.25, 0.3) is 10.8 Å². The summed E-state index contributed by atoms with van der Waals surface area (Å²) in [5.74, 6) is 0.169. The van der Waals surface area contributed by atoms with Gasteiger partial charge in [0.15, 0.2) is 0 Å². The molecule has 2 aliphatic rings. The second-order valence-corrected chi connectivity index (χ2v) is 8.13. The molecule has 0 aromatic heterocycles. The van der Waals surface area contributed by atoms with Crippen molar-refractivity contribution in [2.75, 3.05) is 19.6 Å². The molecule has 2 fully saturated rings. The molecule has 5 rings (SSSR count). The van der Waals surface area contributed by atoms with Crippen molar-refractivity contribution >= 4 is 16.7 Å². The Bertz CT molecular complexity index is 980. The standard InChI is InChI=1S/C25H26N2O/c28-25(22-11-10-20-8-4-5-9-21(20)17-22)27-15-14-26(23-12-13-23)18-24(27)16-19-6-2-1-3-7-19/h1-11,17,23-24H,12-16,18H2. The van der Waals surface area contributed by atoms with E-state index < -0.39 is 0 Å². The van der Waals surface area contributed by atoms with Crippen LogP contribution in [0.5, 0.6) is 0 Å². The Balaban J connectivity index is 1.41. The van der Waals surface area contributed by atoms with Gasteiger partial charge in [0.05, 0.1) is 0 Å². The first-order chi connectivity index (χ1) is 13.8. The molecule has 0 bridgehead atoms. The third-order valence-electron chi connectivity index (χ3n) is 6.15. The van der Waals surface area contributed by atoms with Crippen molar-refractivity contribution in [2.45, 2.75) is 31.3 Å². The van der Waals surface area contributed by atoms with Gasteiger partial charge in [-0.25, -0.2) is 0 Å². The van der Waals surface area contributed by atoms with Crippen LogP contribution >= 0.6 is 0 Å². The summed E-state index contributed by atoms with van der Waals surface area (Å²) in [7, 11) is 0. The van der Waals surface area contributed by atoms with Crippen molar-refractivity contribution in [1.29, 1.82) is 0 Å². The summed E-state index contributed by atoms with van der Waals surface area (Å²) in [6.45, 7) is 2.80. The van der Waals surface area contributed by atoms with Gasteiger partial charge < -0.3 is 4.90 Å². The fraction of sp³-hybridized carbons (Fsp3) is 0.320.